The van der Waals surface area contributed by atoms with Gasteiger partial charge in [0, 0.05) is 24.4 Å². The summed E-state index contributed by atoms with van der Waals surface area (Å²) < 4.78 is 6.65. The lowest BCUT2D eigenvalue weighted by Gasteiger charge is -2.06. The molecule has 2 aromatic rings. The van der Waals surface area contributed by atoms with Crippen molar-refractivity contribution >= 4 is 29.4 Å². The zero-order valence-corrected chi connectivity index (χ0v) is 14.9. The molecule has 0 unspecified atom stereocenters. The quantitative estimate of drug-likeness (QED) is 0.435. The van der Waals surface area contributed by atoms with Gasteiger partial charge in [0.15, 0.2) is 5.16 Å². The SMILES string of the molecule is CCOC(=O)CCCNC(=O)CSc1nnc2nc(C)cc(C)n12. The van der Waals surface area contributed by atoms with Crippen molar-refractivity contribution in [3.05, 3.63) is 17.5 Å². The van der Waals surface area contributed by atoms with Crippen LogP contribution < -0.4 is 5.32 Å². The fourth-order valence-corrected chi connectivity index (χ4v) is 2.98. The number of aromatic nitrogens is 4. The Hall–Kier alpha value is -2.16. The van der Waals surface area contributed by atoms with Crippen LogP contribution in [0.1, 0.15) is 31.2 Å². The first-order valence-electron chi connectivity index (χ1n) is 7.75. The number of hydrogen-bond donors (Lipinski definition) is 1. The van der Waals surface area contributed by atoms with Crippen LogP contribution in [0.25, 0.3) is 5.78 Å². The van der Waals surface area contributed by atoms with E-state index in [4.69, 9.17) is 4.74 Å². The lowest BCUT2D eigenvalue weighted by Crippen LogP contribution is -2.26. The van der Waals surface area contributed by atoms with Gasteiger partial charge in [0.2, 0.25) is 5.91 Å². The van der Waals surface area contributed by atoms with E-state index >= 15 is 0 Å². The van der Waals surface area contributed by atoms with Crippen LogP contribution in [0.5, 0.6) is 0 Å². The average molecular weight is 351 g/mol. The van der Waals surface area contributed by atoms with Crippen LogP contribution in [-0.2, 0) is 14.3 Å². The van der Waals surface area contributed by atoms with Crippen molar-refractivity contribution < 1.29 is 14.3 Å². The van der Waals surface area contributed by atoms with Crippen molar-refractivity contribution in [2.75, 3.05) is 18.9 Å². The number of carbonyl (C=O) groups excluding carboxylic acids is 2. The molecule has 0 aliphatic rings. The van der Waals surface area contributed by atoms with Gasteiger partial charge < -0.3 is 10.1 Å². The summed E-state index contributed by atoms with van der Waals surface area (Å²) in [6.07, 6.45) is 0.867. The summed E-state index contributed by atoms with van der Waals surface area (Å²) in [6.45, 7) is 6.44. The van der Waals surface area contributed by atoms with Gasteiger partial charge in [0.1, 0.15) is 0 Å². The molecule has 9 heteroatoms. The molecule has 2 aromatic heterocycles. The van der Waals surface area contributed by atoms with Gasteiger partial charge in [-0.2, -0.15) is 0 Å². The molecule has 2 rings (SSSR count). The Kier molecular flexibility index (Phi) is 6.53. The summed E-state index contributed by atoms with van der Waals surface area (Å²) in [7, 11) is 0. The highest BCUT2D eigenvalue weighted by Crippen LogP contribution is 2.18. The number of carbonyl (C=O) groups is 2. The standard InChI is InChI=1S/C15H21N5O3S/c1-4-23-13(22)6-5-7-16-12(21)9-24-15-19-18-14-17-10(2)8-11(3)20(14)15/h8H,4-7,9H2,1-3H3,(H,16,21). The minimum atomic E-state index is -0.241. The molecule has 0 saturated heterocycles. The highest BCUT2D eigenvalue weighted by atomic mass is 32.2. The highest BCUT2D eigenvalue weighted by molar-refractivity contribution is 7.99. The Morgan fingerprint density at radius 3 is 2.88 bits per heavy atom. The van der Waals surface area contributed by atoms with Crippen molar-refractivity contribution in [1.82, 2.24) is 24.9 Å². The molecule has 0 aliphatic carbocycles. The minimum Gasteiger partial charge on any atom is -0.466 e. The summed E-state index contributed by atoms with van der Waals surface area (Å²) >= 11 is 1.30. The monoisotopic (exact) mass is 351 g/mol. The number of ether oxygens (including phenoxy) is 1. The second kappa shape index (κ2) is 8.62. The van der Waals surface area contributed by atoms with Crippen LogP contribution in [0.2, 0.25) is 0 Å². The Bertz CT molecular complexity index is 731. The first-order chi connectivity index (χ1) is 11.5. The number of fused-ring (bicyclic) bond motifs is 1. The maximum Gasteiger partial charge on any atom is 0.305 e. The van der Waals surface area contributed by atoms with E-state index in [2.05, 4.69) is 20.5 Å². The van der Waals surface area contributed by atoms with Gasteiger partial charge in [-0.15, -0.1) is 10.2 Å². The molecule has 2 heterocycles. The number of thioether (sulfide) groups is 1. The molecule has 0 fully saturated rings. The smallest absolute Gasteiger partial charge is 0.305 e. The molecule has 1 N–H and O–H groups in total. The second-order valence-electron chi connectivity index (χ2n) is 5.20. The van der Waals surface area contributed by atoms with E-state index in [0.717, 1.165) is 11.4 Å². The zero-order chi connectivity index (χ0) is 17.5. The van der Waals surface area contributed by atoms with E-state index in [1.54, 1.807) is 6.92 Å². The fourth-order valence-electron chi connectivity index (χ4n) is 2.17. The van der Waals surface area contributed by atoms with E-state index in [0.29, 0.717) is 36.9 Å². The van der Waals surface area contributed by atoms with Crippen molar-refractivity contribution in [3.63, 3.8) is 0 Å². The maximum atomic E-state index is 11.9. The number of esters is 1. The summed E-state index contributed by atoms with van der Waals surface area (Å²) in [5.74, 6) is 0.408. The molecule has 0 spiro atoms. The van der Waals surface area contributed by atoms with Crippen LogP contribution >= 0.6 is 11.8 Å². The minimum absolute atomic E-state index is 0.113. The highest BCUT2D eigenvalue weighted by Gasteiger charge is 2.12. The van der Waals surface area contributed by atoms with Crippen molar-refractivity contribution in [2.24, 2.45) is 0 Å². The van der Waals surface area contributed by atoms with Crippen LogP contribution in [0.4, 0.5) is 0 Å². The molecule has 0 radical (unpaired) electrons. The van der Waals surface area contributed by atoms with E-state index in [9.17, 15) is 9.59 Å². The zero-order valence-electron chi connectivity index (χ0n) is 14.0. The first kappa shape index (κ1) is 18.2. The number of amides is 1. The van der Waals surface area contributed by atoms with Gasteiger partial charge in [-0.3, -0.25) is 14.0 Å². The van der Waals surface area contributed by atoms with Crippen molar-refractivity contribution in [3.8, 4) is 0 Å². The molecule has 0 bridgehead atoms. The third kappa shape index (κ3) is 4.92. The van der Waals surface area contributed by atoms with Crippen LogP contribution in [0.3, 0.4) is 0 Å². The van der Waals surface area contributed by atoms with Gasteiger partial charge >= 0.3 is 5.97 Å². The van der Waals surface area contributed by atoms with E-state index < -0.39 is 0 Å². The lowest BCUT2D eigenvalue weighted by atomic mass is 10.3. The van der Waals surface area contributed by atoms with E-state index in [1.165, 1.54) is 11.8 Å². The van der Waals surface area contributed by atoms with Gasteiger partial charge in [0.25, 0.3) is 5.78 Å². The fraction of sp³-hybridized carbons (Fsp3) is 0.533. The second-order valence-corrected chi connectivity index (χ2v) is 6.15. The largest absolute Gasteiger partial charge is 0.466 e. The molecule has 0 aromatic carbocycles. The Morgan fingerprint density at radius 2 is 2.12 bits per heavy atom. The predicted molar refractivity (Wildman–Crippen MR) is 89.9 cm³/mol. The third-order valence-corrected chi connectivity index (χ3v) is 4.11. The van der Waals surface area contributed by atoms with Gasteiger partial charge in [-0.05, 0) is 33.3 Å². The molecule has 0 aliphatic heterocycles. The molecule has 24 heavy (non-hydrogen) atoms. The molecule has 0 atom stereocenters. The van der Waals surface area contributed by atoms with Crippen molar-refractivity contribution in [1.29, 1.82) is 0 Å². The van der Waals surface area contributed by atoms with Gasteiger partial charge in [0.05, 0.1) is 12.4 Å². The lowest BCUT2D eigenvalue weighted by molar-refractivity contribution is -0.143. The number of aryl methyl sites for hydroxylation is 2. The first-order valence-corrected chi connectivity index (χ1v) is 8.74. The number of nitrogens with one attached hydrogen (secondary N) is 1. The Morgan fingerprint density at radius 1 is 1.33 bits per heavy atom. The maximum absolute atomic E-state index is 11.9. The Balaban J connectivity index is 1.79. The summed E-state index contributed by atoms with van der Waals surface area (Å²) in [4.78, 5) is 27.4. The van der Waals surface area contributed by atoms with Crippen LogP contribution in [0.15, 0.2) is 11.2 Å². The third-order valence-electron chi connectivity index (χ3n) is 3.18. The number of nitrogens with zero attached hydrogens (tertiary/aromatic N) is 4. The average Bonchev–Trinajstić information content (AvgIpc) is 2.93. The molecule has 0 saturated carbocycles. The molecule has 8 nitrogen and oxygen atoms in total. The Labute approximate surface area is 144 Å². The summed E-state index contributed by atoms with van der Waals surface area (Å²) in [5.41, 5.74) is 1.85. The molecule has 130 valence electrons. The molecule has 1 amide bonds. The van der Waals surface area contributed by atoms with Crippen LogP contribution in [0, 0.1) is 13.8 Å². The number of hydrogen-bond acceptors (Lipinski definition) is 7. The van der Waals surface area contributed by atoms with Crippen molar-refractivity contribution in [2.45, 2.75) is 38.8 Å². The predicted octanol–water partition coefficient (Wildman–Crippen LogP) is 1.29. The van der Waals surface area contributed by atoms with Gasteiger partial charge in [-0.25, -0.2) is 4.98 Å². The van der Waals surface area contributed by atoms with E-state index in [-0.39, 0.29) is 17.6 Å². The van der Waals surface area contributed by atoms with Gasteiger partial charge in [-0.1, -0.05) is 11.8 Å². The van der Waals surface area contributed by atoms with Crippen LogP contribution in [-0.4, -0.2) is 50.4 Å². The number of rotatable bonds is 8. The summed E-state index contributed by atoms with van der Waals surface area (Å²) in [5, 5.41) is 11.5. The van der Waals surface area contributed by atoms with E-state index in [1.807, 2.05) is 24.3 Å². The topological polar surface area (TPSA) is 98.5 Å². The molecular weight excluding hydrogens is 330 g/mol. The summed E-state index contributed by atoms with van der Waals surface area (Å²) in [6, 6.07) is 1.94. The molecular formula is C15H21N5O3S. The normalized spacial score (nSPS) is 10.8.